The number of carbonyl (C=O) groups is 1. The fraction of sp³-hybridized carbons (Fsp3) is 0.545. The van der Waals surface area contributed by atoms with Crippen molar-refractivity contribution in [1.29, 1.82) is 0 Å². The summed E-state index contributed by atoms with van der Waals surface area (Å²) >= 11 is 0. The summed E-state index contributed by atoms with van der Waals surface area (Å²) in [6, 6.07) is 3.71. The van der Waals surface area contributed by atoms with Crippen LogP contribution >= 0.6 is 0 Å². The van der Waals surface area contributed by atoms with E-state index >= 15 is 0 Å². The van der Waals surface area contributed by atoms with Crippen LogP contribution < -0.4 is 11.1 Å². The fourth-order valence-electron chi connectivity index (χ4n) is 1.58. The minimum Gasteiger partial charge on any atom is -0.469 e. The molecule has 3 N–H and O–H groups in total. The predicted octanol–water partition coefficient (Wildman–Crippen LogP) is 0.820. The standard InChI is InChI=1S/C11H16N2O2/c12-8-11(5-6-11)13-10(14)4-3-9-2-1-7-15-9/h1-2,7H,3-6,8,12H2,(H,13,14). The lowest BCUT2D eigenvalue weighted by molar-refractivity contribution is -0.122. The Morgan fingerprint density at radius 3 is 2.93 bits per heavy atom. The average molecular weight is 208 g/mol. The Balaban J connectivity index is 1.73. The molecule has 82 valence electrons. The third-order valence-electron chi connectivity index (χ3n) is 2.83. The van der Waals surface area contributed by atoms with Gasteiger partial charge < -0.3 is 15.5 Å². The molecule has 1 aromatic heterocycles. The second-order valence-corrected chi connectivity index (χ2v) is 4.11. The number of rotatable bonds is 5. The molecule has 1 heterocycles. The molecule has 0 bridgehead atoms. The van der Waals surface area contributed by atoms with Crippen molar-refractivity contribution in [3.05, 3.63) is 24.2 Å². The predicted molar refractivity (Wildman–Crippen MR) is 56.2 cm³/mol. The van der Waals surface area contributed by atoms with Crippen LogP contribution in [0.25, 0.3) is 0 Å². The van der Waals surface area contributed by atoms with Gasteiger partial charge in [-0.05, 0) is 25.0 Å². The highest BCUT2D eigenvalue weighted by atomic mass is 16.3. The van der Waals surface area contributed by atoms with E-state index in [-0.39, 0.29) is 11.4 Å². The molecule has 1 aliphatic carbocycles. The quantitative estimate of drug-likeness (QED) is 0.752. The van der Waals surface area contributed by atoms with E-state index in [0.29, 0.717) is 19.4 Å². The molecule has 0 atom stereocenters. The van der Waals surface area contributed by atoms with E-state index in [2.05, 4.69) is 5.32 Å². The summed E-state index contributed by atoms with van der Waals surface area (Å²) < 4.78 is 5.15. The topological polar surface area (TPSA) is 68.3 Å². The first-order valence-electron chi connectivity index (χ1n) is 5.28. The Hall–Kier alpha value is -1.29. The van der Waals surface area contributed by atoms with Gasteiger partial charge in [0.15, 0.2) is 0 Å². The van der Waals surface area contributed by atoms with Crippen molar-refractivity contribution in [2.24, 2.45) is 5.73 Å². The van der Waals surface area contributed by atoms with Crippen LogP contribution in [0.4, 0.5) is 0 Å². The number of carbonyl (C=O) groups excluding carboxylic acids is 1. The average Bonchev–Trinajstić information content (AvgIpc) is 2.80. The van der Waals surface area contributed by atoms with Gasteiger partial charge in [0, 0.05) is 19.4 Å². The number of nitrogens with one attached hydrogen (secondary N) is 1. The van der Waals surface area contributed by atoms with Crippen molar-refractivity contribution in [2.75, 3.05) is 6.54 Å². The third kappa shape index (κ3) is 2.59. The Labute approximate surface area is 88.8 Å². The minimum absolute atomic E-state index is 0.0642. The first kappa shape index (κ1) is 10.2. The molecule has 0 radical (unpaired) electrons. The molecule has 1 saturated carbocycles. The molecule has 1 amide bonds. The Morgan fingerprint density at radius 2 is 2.40 bits per heavy atom. The summed E-state index contributed by atoms with van der Waals surface area (Å²) in [4.78, 5) is 11.5. The molecule has 4 heteroatoms. The summed E-state index contributed by atoms with van der Waals surface area (Å²) in [5.41, 5.74) is 5.49. The van der Waals surface area contributed by atoms with Gasteiger partial charge >= 0.3 is 0 Å². The lowest BCUT2D eigenvalue weighted by Gasteiger charge is -2.14. The number of nitrogens with two attached hydrogens (primary N) is 1. The zero-order valence-electron chi connectivity index (χ0n) is 8.66. The van der Waals surface area contributed by atoms with Crippen LogP contribution in [-0.4, -0.2) is 18.0 Å². The third-order valence-corrected chi connectivity index (χ3v) is 2.83. The van der Waals surface area contributed by atoms with Gasteiger partial charge in [0.25, 0.3) is 0 Å². The highest BCUT2D eigenvalue weighted by Crippen LogP contribution is 2.33. The number of furan rings is 1. The van der Waals surface area contributed by atoms with Crippen LogP contribution in [0.5, 0.6) is 0 Å². The molecular formula is C11H16N2O2. The summed E-state index contributed by atoms with van der Waals surface area (Å²) in [6.07, 6.45) is 4.76. The maximum atomic E-state index is 11.5. The Kier molecular flexibility index (Phi) is 2.77. The van der Waals surface area contributed by atoms with Crippen molar-refractivity contribution in [1.82, 2.24) is 5.32 Å². The lowest BCUT2D eigenvalue weighted by atomic mass is 10.2. The second kappa shape index (κ2) is 4.06. The first-order valence-corrected chi connectivity index (χ1v) is 5.28. The smallest absolute Gasteiger partial charge is 0.220 e. The van der Waals surface area contributed by atoms with E-state index in [1.807, 2.05) is 12.1 Å². The van der Waals surface area contributed by atoms with Crippen molar-refractivity contribution in [3.63, 3.8) is 0 Å². The van der Waals surface area contributed by atoms with Gasteiger partial charge in [-0.25, -0.2) is 0 Å². The van der Waals surface area contributed by atoms with Crippen molar-refractivity contribution < 1.29 is 9.21 Å². The Morgan fingerprint density at radius 1 is 1.60 bits per heavy atom. The van der Waals surface area contributed by atoms with Crippen LogP contribution in [0.2, 0.25) is 0 Å². The van der Waals surface area contributed by atoms with Crippen LogP contribution in [-0.2, 0) is 11.2 Å². The molecule has 1 fully saturated rings. The van der Waals surface area contributed by atoms with Gasteiger partial charge in [0.1, 0.15) is 5.76 Å². The molecule has 2 rings (SSSR count). The first-order chi connectivity index (χ1) is 7.24. The zero-order chi connectivity index (χ0) is 10.7. The van der Waals surface area contributed by atoms with Gasteiger partial charge in [-0.3, -0.25) is 4.79 Å². The highest BCUT2D eigenvalue weighted by molar-refractivity contribution is 5.77. The minimum atomic E-state index is -0.0831. The largest absolute Gasteiger partial charge is 0.469 e. The summed E-state index contributed by atoms with van der Waals surface area (Å²) in [5, 5.41) is 2.97. The lowest BCUT2D eigenvalue weighted by Crippen LogP contribution is -2.42. The monoisotopic (exact) mass is 208 g/mol. The maximum absolute atomic E-state index is 11.5. The van der Waals surface area contributed by atoms with Crippen molar-refractivity contribution >= 4 is 5.91 Å². The van der Waals surface area contributed by atoms with Crippen molar-refractivity contribution in [2.45, 2.75) is 31.2 Å². The van der Waals surface area contributed by atoms with Crippen LogP contribution in [0, 0.1) is 0 Å². The number of amides is 1. The van der Waals surface area contributed by atoms with Gasteiger partial charge in [-0.1, -0.05) is 0 Å². The van der Waals surface area contributed by atoms with Gasteiger partial charge in [0.2, 0.25) is 5.91 Å². The Bertz CT molecular complexity index is 328. The molecule has 0 aromatic carbocycles. The van der Waals surface area contributed by atoms with Crippen molar-refractivity contribution in [3.8, 4) is 0 Å². The van der Waals surface area contributed by atoms with E-state index in [1.54, 1.807) is 6.26 Å². The van der Waals surface area contributed by atoms with Crippen LogP contribution in [0.1, 0.15) is 25.0 Å². The van der Waals surface area contributed by atoms with Crippen LogP contribution in [0.15, 0.2) is 22.8 Å². The van der Waals surface area contributed by atoms with Gasteiger partial charge in [-0.15, -0.1) is 0 Å². The van der Waals surface area contributed by atoms with E-state index in [0.717, 1.165) is 18.6 Å². The van der Waals surface area contributed by atoms with E-state index < -0.39 is 0 Å². The molecule has 1 aromatic rings. The van der Waals surface area contributed by atoms with E-state index in [1.165, 1.54) is 0 Å². The molecule has 15 heavy (non-hydrogen) atoms. The maximum Gasteiger partial charge on any atom is 0.220 e. The molecule has 0 spiro atoms. The fourth-order valence-corrected chi connectivity index (χ4v) is 1.58. The summed E-state index contributed by atoms with van der Waals surface area (Å²) in [6.45, 7) is 0.541. The zero-order valence-corrected chi connectivity index (χ0v) is 8.66. The number of aryl methyl sites for hydroxylation is 1. The second-order valence-electron chi connectivity index (χ2n) is 4.11. The molecular weight excluding hydrogens is 192 g/mol. The van der Waals surface area contributed by atoms with Crippen LogP contribution in [0.3, 0.4) is 0 Å². The van der Waals surface area contributed by atoms with E-state index in [9.17, 15) is 4.79 Å². The van der Waals surface area contributed by atoms with Gasteiger partial charge in [0.05, 0.1) is 11.8 Å². The molecule has 1 aliphatic rings. The number of hydrogen-bond donors (Lipinski definition) is 2. The normalized spacial score (nSPS) is 17.4. The summed E-state index contributed by atoms with van der Waals surface area (Å²) in [7, 11) is 0. The molecule has 4 nitrogen and oxygen atoms in total. The van der Waals surface area contributed by atoms with Gasteiger partial charge in [-0.2, -0.15) is 0 Å². The summed E-state index contributed by atoms with van der Waals surface area (Å²) in [5.74, 6) is 0.914. The molecule has 0 saturated heterocycles. The SMILES string of the molecule is NCC1(NC(=O)CCc2ccco2)CC1. The molecule has 0 aliphatic heterocycles. The van der Waals surface area contributed by atoms with E-state index in [4.69, 9.17) is 10.2 Å². The highest BCUT2D eigenvalue weighted by Gasteiger charge is 2.42. The molecule has 0 unspecified atom stereocenters. The number of hydrogen-bond acceptors (Lipinski definition) is 3.